The molecule has 92 valence electrons. The largest absolute Gasteiger partial charge is 0.454 e. The fourth-order valence-corrected chi connectivity index (χ4v) is 1.99. The van der Waals surface area contributed by atoms with Crippen LogP contribution in [0.4, 0.5) is 5.95 Å². The van der Waals surface area contributed by atoms with E-state index in [2.05, 4.69) is 37.9 Å². The van der Waals surface area contributed by atoms with Crippen LogP contribution in [0.25, 0.3) is 0 Å². The number of fused-ring (bicyclic) bond motifs is 1. The van der Waals surface area contributed by atoms with E-state index >= 15 is 0 Å². The number of nitrogens with one attached hydrogen (secondary N) is 1. The lowest BCUT2D eigenvalue weighted by Gasteiger charge is -2.07. The number of hydrogen-bond donors (Lipinski definition) is 1. The van der Waals surface area contributed by atoms with Crippen LogP contribution in [0.3, 0.4) is 0 Å². The van der Waals surface area contributed by atoms with Gasteiger partial charge in [-0.05, 0) is 28.7 Å². The van der Waals surface area contributed by atoms with E-state index in [1.54, 1.807) is 12.4 Å². The molecule has 0 saturated heterocycles. The van der Waals surface area contributed by atoms with E-state index in [1.807, 2.05) is 18.2 Å². The van der Waals surface area contributed by atoms with Crippen LogP contribution in [0.2, 0.25) is 0 Å². The molecule has 0 fully saturated rings. The van der Waals surface area contributed by atoms with Crippen LogP contribution in [0.1, 0.15) is 5.56 Å². The fourth-order valence-electron chi connectivity index (χ4n) is 1.71. The molecule has 1 N–H and O–H groups in total. The minimum Gasteiger partial charge on any atom is -0.454 e. The third-order valence-corrected chi connectivity index (χ3v) is 3.09. The van der Waals surface area contributed by atoms with E-state index in [9.17, 15) is 0 Å². The summed E-state index contributed by atoms with van der Waals surface area (Å²) in [6.07, 6.45) is 3.54. The molecule has 0 bridgehead atoms. The average molecular weight is 355 g/mol. The van der Waals surface area contributed by atoms with E-state index in [0.29, 0.717) is 12.5 Å². The topological polar surface area (TPSA) is 56.3 Å². The van der Waals surface area contributed by atoms with Gasteiger partial charge in [0.25, 0.3) is 0 Å². The minimum atomic E-state index is 0.284. The average Bonchev–Trinajstić information content (AvgIpc) is 2.87. The van der Waals surface area contributed by atoms with E-state index in [0.717, 1.165) is 20.6 Å². The second-order valence-electron chi connectivity index (χ2n) is 3.73. The molecular formula is C12H10IN3O2. The van der Waals surface area contributed by atoms with E-state index in [1.165, 1.54) is 0 Å². The Bertz CT molecular complexity index is 560. The molecule has 6 heteroatoms. The molecule has 3 rings (SSSR count). The fraction of sp³-hybridized carbons (Fsp3) is 0.167. The number of anilines is 1. The Morgan fingerprint density at radius 1 is 1.22 bits per heavy atom. The molecule has 0 atom stereocenters. The predicted octanol–water partition coefficient (Wildman–Crippen LogP) is 2.42. The summed E-state index contributed by atoms with van der Waals surface area (Å²) in [5.74, 6) is 2.19. The zero-order valence-corrected chi connectivity index (χ0v) is 11.5. The number of benzene rings is 1. The molecule has 1 aliphatic heterocycles. The number of ether oxygens (including phenoxy) is 2. The normalized spacial score (nSPS) is 12.5. The van der Waals surface area contributed by atoms with Crippen molar-refractivity contribution in [2.75, 3.05) is 12.1 Å². The highest BCUT2D eigenvalue weighted by molar-refractivity contribution is 14.1. The van der Waals surface area contributed by atoms with Crippen molar-refractivity contribution in [2.24, 2.45) is 0 Å². The summed E-state index contributed by atoms with van der Waals surface area (Å²) in [6, 6.07) is 5.83. The predicted molar refractivity (Wildman–Crippen MR) is 74.6 cm³/mol. The van der Waals surface area contributed by atoms with Gasteiger partial charge >= 0.3 is 0 Å². The first-order chi connectivity index (χ1) is 8.83. The van der Waals surface area contributed by atoms with Crippen molar-refractivity contribution in [3.05, 3.63) is 39.7 Å². The van der Waals surface area contributed by atoms with Gasteiger partial charge in [0.1, 0.15) is 0 Å². The Hall–Kier alpha value is -1.57. The van der Waals surface area contributed by atoms with Crippen LogP contribution >= 0.6 is 22.6 Å². The SMILES string of the molecule is Ic1cnc(NCc2cccc3c2OCO3)nc1. The van der Waals surface area contributed by atoms with Gasteiger partial charge in [-0.1, -0.05) is 12.1 Å². The number of nitrogens with zero attached hydrogens (tertiary/aromatic N) is 2. The van der Waals surface area contributed by atoms with Crippen molar-refractivity contribution in [2.45, 2.75) is 6.54 Å². The highest BCUT2D eigenvalue weighted by Crippen LogP contribution is 2.35. The Morgan fingerprint density at radius 2 is 2.06 bits per heavy atom. The van der Waals surface area contributed by atoms with Gasteiger partial charge in [0.15, 0.2) is 11.5 Å². The molecule has 0 saturated carbocycles. The van der Waals surface area contributed by atoms with Gasteiger partial charge < -0.3 is 14.8 Å². The number of aromatic nitrogens is 2. The van der Waals surface area contributed by atoms with Gasteiger partial charge in [-0.15, -0.1) is 0 Å². The van der Waals surface area contributed by atoms with Gasteiger partial charge in [-0.25, -0.2) is 9.97 Å². The maximum absolute atomic E-state index is 5.43. The van der Waals surface area contributed by atoms with Gasteiger partial charge in [-0.3, -0.25) is 0 Å². The van der Waals surface area contributed by atoms with Gasteiger partial charge in [0.05, 0.1) is 0 Å². The van der Waals surface area contributed by atoms with E-state index < -0.39 is 0 Å². The lowest BCUT2D eigenvalue weighted by atomic mass is 10.2. The summed E-state index contributed by atoms with van der Waals surface area (Å²) < 4.78 is 11.8. The monoisotopic (exact) mass is 355 g/mol. The first-order valence-electron chi connectivity index (χ1n) is 5.42. The second-order valence-corrected chi connectivity index (χ2v) is 4.97. The van der Waals surface area contributed by atoms with Gasteiger partial charge in [0, 0.05) is 28.1 Å². The van der Waals surface area contributed by atoms with Crippen molar-refractivity contribution in [3.8, 4) is 11.5 Å². The number of halogens is 1. The highest BCUT2D eigenvalue weighted by atomic mass is 127. The maximum Gasteiger partial charge on any atom is 0.231 e. The summed E-state index contributed by atoms with van der Waals surface area (Å²) >= 11 is 2.17. The van der Waals surface area contributed by atoms with Crippen LogP contribution in [-0.2, 0) is 6.54 Å². The Morgan fingerprint density at radius 3 is 2.89 bits per heavy atom. The standard InChI is InChI=1S/C12H10IN3O2/c13-9-5-15-12(16-6-9)14-4-8-2-1-3-10-11(8)18-7-17-10/h1-3,5-6H,4,7H2,(H,14,15,16). The number of rotatable bonds is 3. The molecule has 1 aromatic carbocycles. The van der Waals surface area contributed by atoms with Crippen LogP contribution in [0, 0.1) is 3.57 Å². The van der Waals surface area contributed by atoms with E-state index in [-0.39, 0.29) is 6.79 Å². The lowest BCUT2D eigenvalue weighted by Crippen LogP contribution is -2.04. The van der Waals surface area contributed by atoms with Crippen LogP contribution in [0.15, 0.2) is 30.6 Å². The quantitative estimate of drug-likeness (QED) is 0.858. The van der Waals surface area contributed by atoms with Crippen LogP contribution in [0.5, 0.6) is 11.5 Å². The molecule has 2 aromatic rings. The van der Waals surface area contributed by atoms with Crippen LogP contribution in [-0.4, -0.2) is 16.8 Å². The zero-order chi connectivity index (χ0) is 12.4. The summed E-state index contributed by atoms with van der Waals surface area (Å²) in [7, 11) is 0. The van der Waals surface area contributed by atoms with Crippen molar-refractivity contribution in [1.82, 2.24) is 9.97 Å². The Balaban J connectivity index is 1.74. The summed E-state index contributed by atoms with van der Waals surface area (Å²) in [5.41, 5.74) is 1.03. The molecule has 1 aromatic heterocycles. The highest BCUT2D eigenvalue weighted by Gasteiger charge is 2.16. The third-order valence-electron chi connectivity index (χ3n) is 2.54. The third kappa shape index (κ3) is 2.33. The minimum absolute atomic E-state index is 0.284. The first-order valence-corrected chi connectivity index (χ1v) is 6.50. The summed E-state index contributed by atoms with van der Waals surface area (Å²) in [5, 5.41) is 3.16. The summed E-state index contributed by atoms with van der Waals surface area (Å²) in [6.45, 7) is 0.888. The molecule has 2 heterocycles. The number of hydrogen-bond acceptors (Lipinski definition) is 5. The summed E-state index contributed by atoms with van der Waals surface area (Å²) in [4.78, 5) is 8.37. The molecule has 0 aliphatic carbocycles. The number of para-hydroxylation sites is 1. The molecule has 0 unspecified atom stereocenters. The molecule has 1 aliphatic rings. The lowest BCUT2D eigenvalue weighted by molar-refractivity contribution is 0.173. The first kappa shape index (κ1) is 11.5. The van der Waals surface area contributed by atoms with Crippen LogP contribution < -0.4 is 14.8 Å². The molecule has 0 amide bonds. The van der Waals surface area contributed by atoms with Gasteiger partial charge in [-0.2, -0.15) is 0 Å². The maximum atomic E-state index is 5.43. The molecule has 0 spiro atoms. The molecular weight excluding hydrogens is 345 g/mol. The Kier molecular flexibility index (Phi) is 3.18. The van der Waals surface area contributed by atoms with Crippen molar-refractivity contribution in [1.29, 1.82) is 0 Å². The molecule has 18 heavy (non-hydrogen) atoms. The van der Waals surface area contributed by atoms with E-state index in [4.69, 9.17) is 9.47 Å². The van der Waals surface area contributed by atoms with Crippen molar-refractivity contribution >= 4 is 28.5 Å². The molecule has 5 nitrogen and oxygen atoms in total. The van der Waals surface area contributed by atoms with Gasteiger partial charge in [0.2, 0.25) is 12.7 Å². The Labute approximate surface area is 118 Å². The molecule has 0 radical (unpaired) electrons. The second kappa shape index (κ2) is 4.97. The smallest absolute Gasteiger partial charge is 0.231 e. The van der Waals surface area contributed by atoms with Crippen molar-refractivity contribution in [3.63, 3.8) is 0 Å². The van der Waals surface area contributed by atoms with Crippen molar-refractivity contribution < 1.29 is 9.47 Å². The zero-order valence-electron chi connectivity index (χ0n) is 9.39.